The first-order chi connectivity index (χ1) is 13.1. The van der Waals surface area contributed by atoms with Gasteiger partial charge < -0.3 is 14.8 Å². The Kier molecular flexibility index (Phi) is 4.09. The highest BCUT2D eigenvalue weighted by molar-refractivity contribution is 6.33. The Balaban J connectivity index is 1.31. The molecule has 3 atom stereocenters. The minimum atomic E-state index is 0.388. The summed E-state index contributed by atoms with van der Waals surface area (Å²) in [7, 11) is 2.14. The quantitative estimate of drug-likeness (QED) is 0.675. The van der Waals surface area contributed by atoms with Gasteiger partial charge in [-0.05, 0) is 30.7 Å². The van der Waals surface area contributed by atoms with E-state index in [0.717, 1.165) is 42.8 Å². The van der Waals surface area contributed by atoms with E-state index in [0.29, 0.717) is 34.1 Å². The molecule has 2 aliphatic rings. The molecule has 7 nitrogen and oxygen atoms in total. The van der Waals surface area contributed by atoms with Gasteiger partial charge in [0, 0.05) is 38.4 Å². The molecule has 1 aliphatic carbocycles. The number of nitrogens with one attached hydrogen (secondary N) is 1. The molecule has 9 heteroatoms. The van der Waals surface area contributed by atoms with Gasteiger partial charge in [-0.25, -0.2) is 19.9 Å². The lowest BCUT2D eigenvalue weighted by Crippen LogP contribution is -2.33. The summed E-state index contributed by atoms with van der Waals surface area (Å²) in [6.45, 7) is 1.88. The first kappa shape index (κ1) is 17.0. The van der Waals surface area contributed by atoms with E-state index in [-0.39, 0.29) is 0 Å². The van der Waals surface area contributed by atoms with Crippen molar-refractivity contribution in [2.75, 3.05) is 29.9 Å². The number of aromatic nitrogens is 5. The number of fused-ring (bicyclic) bond motifs is 2. The zero-order valence-electron chi connectivity index (χ0n) is 14.8. The lowest BCUT2D eigenvalue weighted by atomic mass is 10.0. The highest BCUT2D eigenvalue weighted by Crippen LogP contribution is 2.42. The summed E-state index contributed by atoms with van der Waals surface area (Å²) >= 11 is 12.1. The van der Waals surface area contributed by atoms with Gasteiger partial charge in [0.05, 0.1) is 5.39 Å². The van der Waals surface area contributed by atoms with Crippen LogP contribution in [0.25, 0.3) is 11.0 Å². The molecule has 0 spiro atoms. The molecule has 1 unspecified atom stereocenters. The Bertz CT molecular complexity index is 957. The van der Waals surface area contributed by atoms with Crippen LogP contribution >= 0.6 is 23.2 Å². The van der Waals surface area contributed by atoms with Crippen molar-refractivity contribution in [1.29, 1.82) is 0 Å². The standard InChI is InChI=1S/C18H19Cl2N7/c1-26(17-13-2-3-21-16(13)22-9-23-17)12-4-10-7-27(8-11(10)5-12)18-24-14(19)6-15(20)25-18/h2-3,6,9-12H,4-5,7-8H2,1H3,(H,21,22,23)/t10-,11?,12+/m0/s1. The molecule has 1 saturated carbocycles. The summed E-state index contributed by atoms with van der Waals surface area (Å²) in [5.41, 5.74) is 0.881. The predicted molar refractivity (Wildman–Crippen MR) is 107 cm³/mol. The fourth-order valence-corrected chi connectivity index (χ4v) is 4.99. The molecule has 1 saturated heterocycles. The van der Waals surface area contributed by atoms with Crippen LogP contribution in [0, 0.1) is 11.8 Å². The smallest absolute Gasteiger partial charge is 0.228 e. The van der Waals surface area contributed by atoms with E-state index in [1.54, 1.807) is 12.4 Å². The van der Waals surface area contributed by atoms with Gasteiger partial charge in [0.25, 0.3) is 0 Å². The van der Waals surface area contributed by atoms with Crippen molar-refractivity contribution in [3.63, 3.8) is 0 Å². The van der Waals surface area contributed by atoms with Gasteiger partial charge in [0.15, 0.2) is 0 Å². The second kappa shape index (κ2) is 6.49. The van der Waals surface area contributed by atoms with Crippen molar-refractivity contribution in [2.45, 2.75) is 18.9 Å². The van der Waals surface area contributed by atoms with Crippen LogP contribution in [0.3, 0.4) is 0 Å². The molecule has 0 aromatic carbocycles. The van der Waals surface area contributed by atoms with Crippen molar-refractivity contribution < 1.29 is 0 Å². The minimum absolute atomic E-state index is 0.388. The molecule has 0 radical (unpaired) electrons. The Hall–Kier alpha value is -2.12. The molecule has 0 amide bonds. The molecular formula is C18H19Cl2N7. The van der Waals surface area contributed by atoms with E-state index in [4.69, 9.17) is 23.2 Å². The van der Waals surface area contributed by atoms with E-state index in [9.17, 15) is 0 Å². The fourth-order valence-electron chi connectivity index (χ4n) is 4.58. The van der Waals surface area contributed by atoms with E-state index in [1.165, 1.54) is 0 Å². The number of halogens is 2. The Morgan fingerprint density at radius 3 is 2.52 bits per heavy atom. The molecule has 27 heavy (non-hydrogen) atoms. The fraction of sp³-hybridized carbons (Fsp3) is 0.444. The van der Waals surface area contributed by atoms with E-state index in [2.05, 4.69) is 41.8 Å². The topological polar surface area (TPSA) is 73.8 Å². The van der Waals surface area contributed by atoms with Gasteiger partial charge in [0.1, 0.15) is 28.1 Å². The maximum absolute atomic E-state index is 6.04. The van der Waals surface area contributed by atoms with Gasteiger partial charge in [-0.1, -0.05) is 23.2 Å². The number of hydrogen-bond acceptors (Lipinski definition) is 6. The molecular weight excluding hydrogens is 385 g/mol. The molecule has 1 N–H and O–H groups in total. The lowest BCUT2D eigenvalue weighted by molar-refractivity contribution is 0.494. The number of rotatable bonds is 3. The maximum atomic E-state index is 6.04. The van der Waals surface area contributed by atoms with E-state index in [1.807, 2.05) is 12.3 Å². The molecule has 4 heterocycles. The van der Waals surface area contributed by atoms with Crippen LogP contribution in [0.15, 0.2) is 24.7 Å². The lowest BCUT2D eigenvalue weighted by Gasteiger charge is -2.28. The summed E-state index contributed by atoms with van der Waals surface area (Å²) in [4.78, 5) is 25.2. The summed E-state index contributed by atoms with van der Waals surface area (Å²) in [5, 5.41) is 1.85. The molecule has 140 valence electrons. The van der Waals surface area contributed by atoms with Crippen LogP contribution in [0.2, 0.25) is 10.3 Å². The maximum Gasteiger partial charge on any atom is 0.228 e. The van der Waals surface area contributed by atoms with Crippen LogP contribution in [-0.2, 0) is 0 Å². The van der Waals surface area contributed by atoms with Crippen LogP contribution in [0.4, 0.5) is 11.8 Å². The highest BCUT2D eigenvalue weighted by atomic mass is 35.5. The third-order valence-electron chi connectivity index (χ3n) is 5.88. The second-order valence-electron chi connectivity index (χ2n) is 7.41. The van der Waals surface area contributed by atoms with Crippen molar-refractivity contribution in [3.05, 3.63) is 35.0 Å². The van der Waals surface area contributed by atoms with Gasteiger partial charge in [-0.15, -0.1) is 0 Å². The largest absolute Gasteiger partial charge is 0.356 e. The minimum Gasteiger partial charge on any atom is -0.356 e. The Morgan fingerprint density at radius 1 is 1.11 bits per heavy atom. The van der Waals surface area contributed by atoms with Crippen molar-refractivity contribution in [2.24, 2.45) is 11.8 Å². The van der Waals surface area contributed by atoms with Crippen molar-refractivity contribution >= 4 is 46.0 Å². The number of anilines is 2. The number of nitrogens with zero attached hydrogens (tertiary/aromatic N) is 6. The summed E-state index contributed by atoms with van der Waals surface area (Å²) in [6, 6.07) is 4.08. The van der Waals surface area contributed by atoms with E-state index < -0.39 is 0 Å². The summed E-state index contributed by atoms with van der Waals surface area (Å²) in [6.07, 6.45) is 5.79. The number of aromatic amines is 1. The van der Waals surface area contributed by atoms with Gasteiger partial charge in [-0.3, -0.25) is 0 Å². The first-order valence-corrected chi connectivity index (χ1v) is 9.80. The van der Waals surface area contributed by atoms with Gasteiger partial charge in [-0.2, -0.15) is 0 Å². The van der Waals surface area contributed by atoms with Crippen LogP contribution in [0.1, 0.15) is 12.8 Å². The van der Waals surface area contributed by atoms with Crippen molar-refractivity contribution in [3.8, 4) is 0 Å². The molecule has 0 bridgehead atoms. The monoisotopic (exact) mass is 403 g/mol. The third-order valence-corrected chi connectivity index (χ3v) is 6.26. The molecule has 3 aromatic rings. The van der Waals surface area contributed by atoms with Gasteiger partial charge in [0.2, 0.25) is 5.95 Å². The van der Waals surface area contributed by atoms with E-state index >= 15 is 0 Å². The molecule has 1 aliphatic heterocycles. The highest BCUT2D eigenvalue weighted by Gasteiger charge is 2.43. The normalized spacial score (nSPS) is 24.6. The average molecular weight is 404 g/mol. The number of H-pyrrole nitrogens is 1. The second-order valence-corrected chi connectivity index (χ2v) is 8.19. The van der Waals surface area contributed by atoms with Crippen LogP contribution < -0.4 is 9.80 Å². The summed E-state index contributed by atoms with van der Waals surface area (Å²) < 4.78 is 0. The SMILES string of the molecule is CN(c1ncnc2[nH]ccc12)[C@H]1CC2CN(c3nc(Cl)cc(Cl)n3)C[C@@H]2C1. The Morgan fingerprint density at radius 2 is 1.81 bits per heavy atom. The predicted octanol–water partition coefficient (Wildman–Crippen LogP) is 3.41. The van der Waals surface area contributed by atoms with Crippen LogP contribution in [0.5, 0.6) is 0 Å². The molecule has 2 fully saturated rings. The molecule has 5 rings (SSSR count). The zero-order valence-corrected chi connectivity index (χ0v) is 16.3. The Labute approximate surface area is 166 Å². The summed E-state index contributed by atoms with van der Waals surface area (Å²) in [5.74, 6) is 2.86. The first-order valence-electron chi connectivity index (χ1n) is 9.04. The van der Waals surface area contributed by atoms with Crippen LogP contribution in [-0.4, -0.2) is 51.1 Å². The average Bonchev–Trinajstić information content (AvgIpc) is 3.33. The molecule has 3 aromatic heterocycles. The zero-order chi connectivity index (χ0) is 18.5. The van der Waals surface area contributed by atoms with Gasteiger partial charge >= 0.3 is 0 Å². The van der Waals surface area contributed by atoms with Crippen molar-refractivity contribution in [1.82, 2.24) is 24.9 Å². The third kappa shape index (κ3) is 2.99. The number of hydrogen-bond donors (Lipinski definition) is 1.